The molecule has 0 aliphatic carbocycles. The van der Waals surface area contributed by atoms with Crippen LogP contribution in [-0.2, 0) is 12.8 Å². The summed E-state index contributed by atoms with van der Waals surface area (Å²) in [5.41, 5.74) is 4.88. The Labute approximate surface area is 130 Å². The highest BCUT2D eigenvalue weighted by Gasteiger charge is 2.32. The SMILES string of the molecule is Cc1cc(C)n(C2CN(c3ncnc4c3CCNCC4)C2)n1. The summed E-state index contributed by atoms with van der Waals surface area (Å²) in [4.78, 5) is 11.4. The molecule has 6 heteroatoms. The Hall–Kier alpha value is -1.95. The maximum atomic E-state index is 4.61. The minimum Gasteiger partial charge on any atom is -0.352 e. The van der Waals surface area contributed by atoms with Gasteiger partial charge in [-0.15, -0.1) is 0 Å². The predicted molar refractivity (Wildman–Crippen MR) is 85.3 cm³/mol. The molecule has 2 aromatic rings. The van der Waals surface area contributed by atoms with Gasteiger partial charge in [0.05, 0.1) is 17.4 Å². The average molecular weight is 298 g/mol. The van der Waals surface area contributed by atoms with Crippen LogP contribution in [0.3, 0.4) is 0 Å². The van der Waals surface area contributed by atoms with Gasteiger partial charge in [-0.2, -0.15) is 5.10 Å². The summed E-state index contributed by atoms with van der Waals surface area (Å²) in [7, 11) is 0. The van der Waals surface area contributed by atoms with Gasteiger partial charge in [0.2, 0.25) is 0 Å². The molecule has 0 bridgehead atoms. The number of hydrogen-bond donors (Lipinski definition) is 1. The highest BCUT2D eigenvalue weighted by atomic mass is 15.4. The first-order valence-electron chi connectivity index (χ1n) is 8.03. The number of nitrogens with zero attached hydrogens (tertiary/aromatic N) is 5. The summed E-state index contributed by atoms with van der Waals surface area (Å²) in [6, 6.07) is 2.61. The lowest BCUT2D eigenvalue weighted by Gasteiger charge is -2.41. The summed E-state index contributed by atoms with van der Waals surface area (Å²) in [5.74, 6) is 1.13. The number of fused-ring (bicyclic) bond motifs is 1. The van der Waals surface area contributed by atoms with Crippen LogP contribution in [0.5, 0.6) is 0 Å². The van der Waals surface area contributed by atoms with Crippen LogP contribution < -0.4 is 10.2 Å². The van der Waals surface area contributed by atoms with E-state index in [1.807, 2.05) is 0 Å². The van der Waals surface area contributed by atoms with Crippen molar-refractivity contribution < 1.29 is 0 Å². The fraction of sp³-hybridized carbons (Fsp3) is 0.562. The van der Waals surface area contributed by atoms with E-state index in [4.69, 9.17) is 0 Å². The Morgan fingerprint density at radius 1 is 1.14 bits per heavy atom. The van der Waals surface area contributed by atoms with Crippen LogP contribution in [0.2, 0.25) is 0 Å². The lowest BCUT2D eigenvalue weighted by Crippen LogP contribution is -2.49. The Kier molecular flexibility index (Phi) is 3.33. The number of rotatable bonds is 2. The Morgan fingerprint density at radius 2 is 1.95 bits per heavy atom. The first-order valence-corrected chi connectivity index (χ1v) is 8.03. The maximum Gasteiger partial charge on any atom is 0.135 e. The third-order valence-electron chi connectivity index (χ3n) is 4.65. The van der Waals surface area contributed by atoms with Gasteiger partial charge in [-0.3, -0.25) is 4.68 Å². The van der Waals surface area contributed by atoms with Gasteiger partial charge in [-0.1, -0.05) is 0 Å². The first-order chi connectivity index (χ1) is 10.7. The third kappa shape index (κ3) is 2.27. The van der Waals surface area contributed by atoms with Gasteiger partial charge in [0.1, 0.15) is 12.1 Å². The van der Waals surface area contributed by atoms with Crippen molar-refractivity contribution in [1.29, 1.82) is 0 Å². The van der Waals surface area contributed by atoms with Crippen LogP contribution in [0.15, 0.2) is 12.4 Å². The molecule has 2 aliphatic rings. The zero-order chi connectivity index (χ0) is 15.1. The lowest BCUT2D eigenvalue weighted by atomic mass is 10.0. The fourth-order valence-electron chi connectivity index (χ4n) is 3.53. The number of aromatic nitrogens is 4. The Balaban J connectivity index is 1.55. The summed E-state index contributed by atoms with van der Waals surface area (Å²) < 4.78 is 2.16. The summed E-state index contributed by atoms with van der Waals surface area (Å²) in [6.45, 7) is 8.18. The highest BCUT2D eigenvalue weighted by Crippen LogP contribution is 2.31. The van der Waals surface area contributed by atoms with E-state index in [1.54, 1.807) is 6.33 Å². The van der Waals surface area contributed by atoms with Crippen molar-refractivity contribution in [2.24, 2.45) is 0 Å². The third-order valence-corrected chi connectivity index (χ3v) is 4.65. The second-order valence-corrected chi connectivity index (χ2v) is 6.30. The fourth-order valence-corrected chi connectivity index (χ4v) is 3.53. The summed E-state index contributed by atoms with van der Waals surface area (Å²) >= 11 is 0. The zero-order valence-electron chi connectivity index (χ0n) is 13.2. The molecule has 0 aromatic carbocycles. The minimum atomic E-state index is 0.461. The van der Waals surface area contributed by atoms with E-state index >= 15 is 0 Å². The molecule has 1 saturated heterocycles. The Morgan fingerprint density at radius 3 is 2.73 bits per heavy atom. The van der Waals surface area contributed by atoms with Crippen molar-refractivity contribution in [2.75, 3.05) is 31.1 Å². The highest BCUT2D eigenvalue weighted by molar-refractivity contribution is 5.51. The van der Waals surface area contributed by atoms with Crippen LogP contribution in [0.4, 0.5) is 5.82 Å². The number of aryl methyl sites for hydroxylation is 2. The number of hydrogen-bond acceptors (Lipinski definition) is 5. The maximum absolute atomic E-state index is 4.61. The zero-order valence-corrected chi connectivity index (χ0v) is 13.2. The van der Waals surface area contributed by atoms with Crippen LogP contribution >= 0.6 is 0 Å². The van der Waals surface area contributed by atoms with Crippen LogP contribution in [-0.4, -0.2) is 45.9 Å². The number of nitrogens with one attached hydrogen (secondary N) is 1. The molecule has 0 amide bonds. The molecule has 1 fully saturated rings. The molecule has 6 nitrogen and oxygen atoms in total. The second-order valence-electron chi connectivity index (χ2n) is 6.30. The molecule has 22 heavy (non-hydrogen) atoms. The molecular formula is C16H22N6. The van der Waals surface area contributed by atoms with E-state index in [9.17, 15) is 0 Å². The van der Waals surface area contributed by atoms with E-state index < -0.39 is 0 Å². The summed E-state index contributed by atoms with van der Waals surface area (Å²) in [5, 5.41) is 8.05. The molecule has 2 aliphatic heterocycles. The van der Waals surface area contributed by atoms with Gasteiger partial charge < -0.3 is 10.2 Å². The average Bonchev–Trinajstić information content (AvgIpc) is 2.66. The molecule has 0 unspecified atom stereocenters. The first kappa shape index (κ1) is 13.7. The molecule has 1 N–H and O–H groups in total. The monoisotopic (exact) mass is 298 g/mol. The normalized spacial score (nSPS) is 18.7. The van der Waals surface area contributed by atoms with Crippen LogP contribution in [0.1, 0.15) is 28.7 Å². The van der Waals surface area contributed by atoms with Gasteiger partial charge in [-0.25, -0.2) is 9.97 Å². The van der Waals surface area contributed by atoms with Crippen LogP contribution in [0, 0.1) is 13.8 Å². The molecule has 0 saturated carbocycles. The van der Waals surface area contributed by atoms with Gasteiger partial charge in [0, 0.05) is 37.3 Å². The van der Waals surface area contributed by atoms with Crippen molar-refractivity contribution in [1.82, 2.24) is 25.1 Å². The van der Waals surface area contributed by atoms with Gasteiger partial charge in [0.25, 0.3) is 0 Å². The summed E-state index contributed by atoms with van der Waals surface area (Å²) in [6.07, 6.45) is 3.74. The minimum absolute atomic E-state index is 0.461. The van der Waals surface area contributed by atoms with Crippen molar-refractivity contribution in [3.63, 3.8) is 0 Å². The van der Waals surface area contributed by atoms with Crippen LogP contribution in [0.25, 0.3) is 0 Å². The largest absolute Gasteiger partial charge is 0.352 e. The van der Waals surface area contributed by atoms with E-state index in [0.717, 1.165) is 50.5 Å². The topological polar surface area (TPSA) is 58.9 Å². The van der Waals surface area contributed by atoms with Gasteiger partial charge in [0.15, 0.2) is 0 Å². The predicted octanol–water partition coefficient (Wildman–Crippen LogP) is 1.04. The quantitative estimate of drug-likeness (QED) is 0.898. The smallest absolute Gasteiger partial charge is 0.135 e. The van der Waals surface area contributed by atoms with E-state index in [-0.39, 0.29) is 0 Å². The molecular weight excluding hydrogens is 276 g/mol. The van der Waals surface area contributed by atoms with E-state index in [1.165, 1.54) is 17.0 Å². The lowest BCUT2D eigenvalue weighted by molar-refractivity contribution is 0.358. The van der Waals surface area contributed by atoms with Gasteiger partial charge in [-0.05, 0) is 32.9 Å². The molecule has 2 aromatic heterocycles. The van der Waals surface area contributed by atoms with Gasteiger partial charge >= 0.3 is 0 Å². The van der Waals surface area contributed by atoms with Crippen molar-refractivity contribution >= 4 is 5.82 Å². The Bertz CT molecular complexity index is 686. The van der Waals surface area contributed by atoms with Crippen molar-refractivity contribution in [3.05, 3.63) is 35.0 Å². The number of anilines is 1. The second kappa shape index (κ2) is 5.35. The van der Waals surface area contributed by atoms with E-state index in [0.29, 0.717) is 6.04 Å². The molecule has 116 valence electrons. The van der Waals surface area contributed by atoms with Crippen molar-refractivity contribution in [2.45, 2.75) is 32.7 Å². The van der Waals surface area contributed by atoms with Crippen molar-refractivity contribution in [3.8, 4) is 0 Å². The molecule has 0 spiro atoms. The molecule has 0 radical (unpaired) electrons. The standard InChI is InChI=1S/C16H22N6/c1-11-7-12(2)22(20-11)13-8-21(9-13)16-14-3-5-17-6-4-15(14)18-10-19-16/h7,10,13,17H,3-6,8-9H2,1-2H3. The van der Waals surface area contributed by atoms with E-state index in [2.05, 4.69) is 49.9 Å². The molecule has 4 rings (SSSR count). The molecule has 0 atom stereocenters. The molecule has 4 heterocycles.